The van der Waals surface area contributed by atoms with Crippen LogP contribution in [0, 0.1) is 0 Å². The lowest BCUT2D eigenvalue weighted by molar-refractivity contribution is -0.137. The van der Waals surface area contributed by atoms with E-state index in [1.165, 1.54) is 30.3 Å². The fraction of sp³-hybridized carbons (Fsp3) is 0.214. The summed E-state index contributed by atoms with van der Waals surface area (Å²) in [5.41, 5.74) is 1.43. The number of carboxylic acid groups (broad SMARTS) is 1. The first-order valence-corrected chi connectivity index (χ1v) is 12.4. The number of amides is 3. The SMILES string of the molecule is O=C(Nc1cc(Cl)ccc1OC1CCC1)C(=O)N[C@@H](Cc1ccccc1)C(=O)Nc1ccc(C(=O)O)cc1. The minimum Gasteiger partial charge on any atom is -0.488 e. The Hall–Kier alpha value is -4.37. The number of carbonyl (C=O) groups is 4. The molecule has 1 aliphatic carbocycles. The highest BCUT2D eigenvalue weighted by Crippen LogP contribution is 2.32. The summed E-state index contributed by atoms with van der Waals surface area (Å²) in [4.78, 5) is 49.9. The van der Waals surface area contributed by atoms with Crippen molar-refractivity contribution in [2.75, 3.05) is 10.6 Å². The molecule has 1 fully saturated rings. The highest BCUT2D eigenvalue weighted by molar-refractivity contribution is 6.40. The zero-order valence-corrected chi connectivity index (χ0v) is 21.0. The lowest BCUT2D eigenvalue weighted by Gasteiger charge is -2.27. The smallest absolute Gasteiger partial charge is 0.335 e. The molecule has 10 heteroatoms. The Bertz CT molecular complexity index is 1330. The molecule has 3 amide bonds. The highest BCUT2D eigenvalue weighted by atomic mass is 35.5. The van der Waals surface area contributed by atoms with E-state index in [1.807, 2.05) is 6.07 Å². The summed E-state index contributed by atoms with van der Waals surface area (Å²) in [6, 6.07) is 18.3. The van der Waals surface area contributed by atoms with E-state index in [0.717, 1.165) is 24.8 Å². The molecule has 0 bridgehead atoms. The van der Waals surface area contributed by atoms with Crippen molar-refractivity contribution in [2.24, 2.45) is 0 Å². The van der Waals surface area contributed by atoms with Crippen LogP contribution in [0.25, 0.3) is 0 Å². The zero-order chi connectivity index (χ0) is 27.1. The van der Waals surface area contributed by atoms with E-state index in [2.05, 4.69) is 16.0 Å². The standard InChI is InChI=1S/C28H26ClN3O6/c29-19-11-14-24(38-21-7-4-8-21)22(16-19)31-26(34)27(35)32-23(15-17-5-2-1-3-6-17)25(33)30-20-12-9-18(10-13-20)28(36)37/h1-3,5-6,9-14,16,21,23H,4,7-8,15H2,(H,30,33)(H,31,34)(H,32,35)(H,36,37)/t23-/m0/s1. The molecule has 4 N–H and O–H groups in total. The van der Waals surface area contributed by atoms with Crippen LogP contribution >= 0.6 is 11.6 Å². The fourth-order valence-corrected chi connectivity index (χ4v) is 3.93. The minimum atomic E-state index is -1.10. The van der Waals surface area contributed by atoms with Gasteiger partial charge in [-0.3, -0.25) is 14.4 Å². The third kappa shape index (κ3) is 7.10. The first-order chi connectivity index (χ1) is 18.3. The number of rotatable bonds is 9. The van der Waals surface area contributed by atoms with Gasteiger partial charge in [0.2, 0.25) is 5.91 Å². The van der Waals surface area contributed by atoms with E-state index >= 15 is 0 Å². The number of aromatic carboxylic acids is 1. The molecule has 0 heterocycles. The minimum absolute atomic E-state index is 0.0455. The van der Waals surface area contributed by atoms with Gasteiger partial charge < -0.3 is 25.8 Å². The predicted molar refractivity (Wildman–Crippen MR) is 142 cm³/mol. The molecule has 1 atom stereocenters. The van der Waals surface area contributed by atoms with Crippen molar-refractivity contribution < 1.29 is 29.0 Å². The van der Waals surface area contributed by atoms with Gasteiger partial charge >= 0.3 is 17.8 Å². The molecule has 196 valence electrons. The monoisotopic (exact) mass is 535 g/mol. The lowest BCUT2D eigenvalue weighted by Crippen LogP contribution is -2.49. The molecule has 0 aromatic heterocycles. The molecule has 1 saturated carbocycles. The molecule has 0 spiro atoms. The maximum absolute atomic E-state index is 13.1. The van der Waals surface area contributed by atoms with Crippen LogP contribution < -0.4 is 20.7 Å². The van der Waals surface area contributed by atoms with E-state index in [1.54, 1.807) is 36.4 Å². The summed E-state index contributed by atoms with van der Waals surface area (Å²) >= 11 is 6.09. The van der Waals surface area contributed by atoms with E-state index in [-0.39, 0.29) is 23.8 Å². The number of carbonyl (C=O) groups excluding carboxylic acids is 3. The number of benzene rings is 3. The number of nitrogens with one attached hydrogen (secondary N) is 3. The second-order valence-corrected chi connectivity index (χ2v) is 9.29. The van der Waals surface area contributed by atoms with Crippen molar-refractivity contribution >= 4 is 46.7 Å². The zero-order valence-electron chi connectivity index (χ0n) is 20.3. The van der Waals surface area contributed by atoms with Gasteiger partial charge in [0.25, 0.3) is 0 Å². The summed E-state index contributed by atoms with van der Waals surface area (Å²) in [6.45, 7) is 0. The highest BCUT2D eigenvalue weighted by Gasteiger charge is 2.26. The van der Waals surface area contributed by atoms with Crippen molar-refractivity contribution in [3.05, 3.63) is 88.9 Å². The average Bonchev–Trinajstić information content (AvgIpc) is 2.87. The van der Waals surface area contributed by atoms with Gasteiger partial charge in [0.05, 0.1) is 17.4 Å². The largest absolute Gasteiger partial charge is 0.488 e. The molecule has 38 heavy (non-hydrogen) atoms. The van der Waals surface area contributed by atoms with Gasteiger partial charge in [0.1, 0.15) is 11.8 Å². The summed E-state index contributed by atoms with van der Waals surface area (Å²) < 4.78 is 5.90. The van der Waals surface area contributed by atoms with Crippen molar-refractivity contribution in [3.8, 4) is 5.75 Å². The van der Waals surface area contributed by atoms with Crippen LogP contribution in [0.15, 0.2) is 72.8 Å². The van der Waals surface area contributed by atoms with Gasteiger partial charge in [-0.15, -0.1) is 0 Å². The Morgan fingerprint density at radius 1 is 0.921 bits per heavy atom. The first kappa shape index (κ1) is 26.7. The Morgan fingerprint density at radius 3 is 2.26 bits per heavy atom. The number of halogens is 1. The van der Waals surface area contributed by atoms with Crippen molar-refractivity contribution in [1.29, 1.82) is 0 Å². The molecule has 0 unspecified atom stereocenters. The van der Waals surface area contributed by atoms with E-state index in [4.69, 9.17) is 21.4 Å². The maximum atomic E-state index is 13.1. The van der Waals surface area contributed by atoms with E-state index in [9.17, 15) is 19.2 Å². The number of hydrogen-bond donors (Lipinski definition) is 4. The summed E-state index contributed by atoms with van der Waals surface area (Å²) in [5, 5.41) is 17.1. The van der Waals surface area contributed by atoms with E-state index < -0.39 is 29.7 Å². The van der Waals surface area contributed by atoms with Crippen LogP contribution in [0.5, 0.6) is 5.75 Å². The van der Waals surface area contributed by atoms with Crippen LogP contribution in [-0.2, 0) is 20.8 Å². The summed E-state index contributed by atoms with van der Waals surface area (Å²) in [7, 11) is 0. The average molecular weight is 536 g/mol. The van der Waals surface area contributed by atoms with Gasteiger partial charge in [-0.2, -0.15) is 0 Å². The molecule has 3 aromatic carbocycles. The molecule has 1 aliphatic rings. The molecule has 4 rings (SSSR count). The van der Waals surface area contributed by atoms with Crippen LogP contribution in [0.3, 0.4) is 0 Å². The Morgan fingerprint density at radius 2 is 1.63 bits per heavy atom. The van der Waals surface area contributed by atoms with Crippen LogP contribution in [0.1, 0.15) is 35.2 Å². The fourth-order valence-electron chi connectivity index (χ4n) is 3.76. The molecule has 3 aromatic rings. The van der Waals surface area contributed by atoms with Gasteiger partial charge in [0, 0.05) is 17.1 Å². The molecule has 0 saturated heterocycles. The van der Waals surface area contributed by atoms with Crippen LogP contribution in [0.4, 0.5) is 11.4 Å². The van der Waals surface area contributed by atoms with Gasteiger partial charge in [-0.1, -0.05) is 41.9 Å². The summed E-state index contributed by atoms with van der Waals surface area (Å²) in [6.07, 6.45) is 3.05. The topological polar surface area (TPSA) is 134 Å². The van der Waals surface area contributed by atoms with Crippen molar-refractivity contribution in [1.82, 2.24) is 5.32 Å². The number of hydrogen-bond acceptors (Lipinski definition) is 5. The number of anilines is 2. The molecule has 0 radical (unpaired) electrons. The van der Waals surface area contributed by atoms with Crippen LogP contribution in [-0.4, -0.2) is 40.9 Å². The van der Waals surface area contributed by atoms with Crippen molar-refractivity contribution in [2.45, 2.75) is 37.8 Å². The third-order valence-electron chi connectivity index (χ3n) is 6.05. The number of ether oxygens (including phenoxy) is 1. The molecule has 9 nitrogen and oxygen atoms in total. The van der Waals surface area contributed by atoms with E-state index in [0.29, 0.717) is 16.5 Å². The first-order valence-electron chi connectivity index (χ1n) is 12.0. The number of carboxylic acids is 1. The summed E-state index contributed by atoms with van der Waals surface area (Å²) in [5.74, 6) is -3.26. The molecular weight excluding hydrogens is 510 g/mol. The van der Waals surface area contributed by atoms with Crippen LogP contribution in [0.2, 0.25) is 5.02 Å². The second-order valence-electron chi connectivity index (χ2n) is 8.85. The molecular formula is C28H26ClN3O6. The van der Waals surface area contributed by atoms with Gasteiger partial charge in [-0.05, 0) is 67.3 Å². The normalized spacial score (nSPS) is 13.5. The van der Waals surface area contributed by atoms with Gasteiger partial charge in [0.15, 0.2) is 0 Å². The van der Waals surface area contributed by atoms with Crippen molar-refractivity contribution in [3.63, 3.8) is 0 Å². The lowest BCUT2D eigenvalue weighted by atomic mass is 9.96. The van der Waals surface area contributed by atoms with Gasteiger partial charge in [-0.25, -0.2) is 4.79 Å². The Labute approximate surface area is 224 Å². The quantitative estimate of drug-likeness (QED) is 0.302. The third-order valence-corrected chi connectivity index (χ3v) is 6.28. The predicted octanol–water partition coefficient (Wildman–Crippen LogP) is 4.27. The Balaban J connectivity index is 1.46. The second kappa shape index (κ2) is 12.2. The maximum Gasteiger partial charge on any atom is 0.335 e. The molecule has 0 aliphatic heterocycles. The Kier molecular flexibility index (Phi) is 8.60.